The lowest BCUT2D eigenvalue weighted by Crippen LogP contribution is -2.27. The number of aromatic hydroxyl groups is 1. The van der Waals surface area contributed by atoms with E-state index in [9.17, 15) is 14.7 Å². The number of aromatic nitrogens is 2. The van der Waals surface area contributed by atoms with Crippen LogP contribution in [0.1, 0.15) is 28.3 Å². The minimum atomic E-state index is -0.623. The Kier molecular flexibility index (Phi) is 3.57. The molecule has 1 aliphatic rings. The number of hydrogen-bond acceptors (Lipinski definition) is 4. The smallest absolute Gasteiger partial charge is 0.226 e. The number of rotatable bonds is 3. The second kappa shape index (κ2) is 5.90. The molecule has 1 unspecified atom stereocenters. The first-order valence-electron chi connectivity index (χ1n) is 7.90. The lowest BCUT2D eigenvalue weighted by atomic mass is 9.84. The average molecular weight is 333 g/mol. The predicted octanol–water partition coefficient (Wildman–Crippen LogP) is 3.09. The average Bonchev–Trinajstić information content (AvgIpc) is 3.05. The number of phenols is 1. The van der Waals surface area contributed by atoms with Gasteiger partial charge >= 0.3 is 0 Å². The molecule has 1 aromatic heterocycles. The van der Waals surface area contributed by atoms with Crippen LogP contribution < -0.4 is 5.32 Å². The zero-order valence-electron chi connectivity index (χ0n) is 13.2. The van der Waals surface area contributed by atoms with Crippen LogP contribution in [-0.2, 0) is 4.79 Å². The number of benzene rings is 2. The van der Waals surface area contributed by atoms with Crippen LogP contribution in [0.4, 0.5) is 5.82 Å². The van der Waals surface area contributed by atoms with Crippen molar-refractivity contribution < 1.29 is 14.7 Å². The first kappa shape index (κ1) is 15.1. The van der Waals surface area contributed by atoms with Crippen molar-refractivity contribution >= 4 is 17.5 Å². The quantitative estimate of drug-likeness (QED) is 0.642. The maximum Gasteiger partial charge on any atom is 0.226 e. The Labute approximate surface area is 143 Å². The van der Waals surface area contributed by atoms with Gasteiger partial charge in [-0.2, -0.15) is 5.10 Å². The Morgan fingerprint density at radius 3 is 2.52 bits per heavy atom. The Balaban J connectivity index is 1.81. The first-order valence-corrected chi connectivity index (χ1v) is 7.90. The molecular weight excluding hydrogens is 318 g/mol. The molecule has 6 heteroatoms. The molecule has 2 aromatic carbocycles. The van der Waals surface area contributed by atoms with E-state index in [0.717, 1.165) is 11.3 Å². The molecule has 4 rings (SSSR count). The summed E-state index contributed by atoms with van der Waals surface area (Å²) in [5.41, 5.74) is 2.77. The number of phenolic OH excluding ortho intramolecular Hbond substituents is 1. The summed E-state index contributed by atoms with van der Waals surface area (Å²) in [5, 5.41) is 19.3. The van der Waals surface area contributed by atoms with Crippen molar-refractivity contribution in [3.05, 3.63) is 65.7 Å². The van der Waals surface area contributed by atoms with Gasteiger partial charge in [-0.25, -0.2) is 0 Å². The fourth-order valence-electron chi connectivity index (χ4n) is 3.13. The topological polar surface area (TPSA) is 95.1 Å². The van der Waals surface area contributed by atoms with E-state index in [1.54, 1.807) is 12.1 Å². The number of ketones is 1. The van der Waals surface area contributed by atoms with E-state index < -0.39 is 5.92 Å². The second-order valence-corrected chi connectivity index (χ2v) is 5.94. The van der Waals surface area contributed by atoms with E-state index in [0.29, 0.717) is 16.9 Å². The molecule has 1 aliphatic heterocycles. The summed E-state index contributed by atoms with van der Waals surface area (Å²) in [6, 6.07) is 15.6. The largest absolute Gasteiger partial charge is 0.508 e. The number of hydrogen-bond donors (Lipinski definition) is 3. The van der Waals surface area contributed by atoms with E-state index in [2.05, 4.69) is 15.5 Å². The molecule has 0 saturated heterocycles. The van der Waals surface area contributed by atoms with E-state index in [4.69, 9.17) is 0 Å². The van der Waals surface area contributed by atoms with Crippen LogP contribution in [0.25, 0.3) is 11.3 Å². The summed E-state index contributed by atoms with van der Waals surface area (Å²) < 4.78 is 0. The Morgan fingerprint density at radius 2 is 1.80 bits per heavy atom. The third-order valence-electron chi connectivity index (χ3n) is 4.33. The summed E-state index contributed by atoms with van der Waals surface area (Å²) in [6.45, 7) is 0. The van der Waals surface area contributed by atoms with Gasteiger partial charge in [-0.3, -0.25) is 14.7 Å². The van der Waals surface area contributed by atoms with Crippen molar-refractivity contribution in [3.63, 3.8) is 0 Å². The zero-order chi connectivity index (χ0) is 17.4. The van der Waals surface area contributed by atoms with Crippen molar-refractivity contribution in [1.29, 1.82) is 0 Å². The second-order valence-electron chi connectivity index (χ2n) is 5.94. The minimum Gasteiger partial charge on any atom is -0.508 e. The number of Topliss-reactive ketones (excluding diaryl/α,β-unsaturated/α-hetero) is 1. The van der Waals surface area contributed by atoms with Crippen LogP contribution in [0.2, 0.25) is 0 Å². The maximum atomic E-state index is 13.0. The summed E-state index contributed by atoms with van der Waals surface area (Å²) in [6.07, 6.45) is 0.0616. The highest BCUT2D eigenvalue weighted by atomic mass is 16.3. The number of H-pyrrole nitrogens is 1. The SMILES string of the molecule is O=C1CC(C(=O)c2ccc(O)cc2)c2c(n[nH]c2-c2ccccc2)N1. The molecule has 0 spiro atoms. The molecule has 0 fully saturated rings. The molecule has 0 saturated carbocycles. The fraction of sp³-hybridized carbons (Fsp3) is 0.105. The van der Waals surface area contributed by atoms with Crippen molar-refractivity contribution in [1.82, 2.24) is 10.2 Å². The minimum absolute atomic E-state index is 0.0616. The predicted molar refractivity (Wildman–Crippen MR) is 92.4 cm³/mol. The van der Waals surface area contributed by atoms with Gasteiger partial charge in [0.05, 0.1) is 11.6 Å². The molecule has 1 amide bonds. The van der Waals surface area contributed by atoms with Gasteiger partial charge in [-0.15, -0.1) is 0 Å². The number of carbonyl (C=O) groups is 2. The number of anilines is 1. The molecule has 1 atom stereocenters. The standard InChI is InChI=1S/C19H15N3O3/c23-13-8-6-12(7-9-13)18(25)14-10-15(24)20-19-16(14)17(21-22-19)11-4-2-1-3-5-11/h1-9,14,23H,10H2,(H2,20,21,22,24). The van der Waals surface area contributed by atoms with E-state index in [-0.39, 0.29) is 23.9 Å². The Hall–Kier alpha value is -3.41. The van der Waals surface area contributed by atoms with Gasteiger partial charge in [0, 0.05) is 17.5 Å². The summed E-state index contributed by atoms with van der Waals surface area (Å²) in [7, 11) is 0. The summed E-state index contributed by atoms with van der Waals surface area (Å²) in [4.78, 5) is 25.0. The van der Waals surface area contributed by atoms with Gasteiger partial charge in [-0.1, -0.05) is 30.3 Å². The number of fused-ring (bicyclic) bond motifs is 1. The molecule has 124 valence electrons. The van der Waals surface area contributed by atoms with Gasteiger partial charge in [0.2, 0.25) is 5.91 Å². The van der Waals surface area contributed by atoms with Crippen LogP contribution in [0.5, 0.6) is 5.75 Å². The van der Waals surface area contributed by atoms with Crippen molar-refractivity contribution in [2.75, 3.05) is 5.32 Å². The normalized spacial score (nSPS) is 16.2. The highest BCUT2D eigenvalue weighted by molar-refractivity contribution is 6.08. The van der Waals surface area contributed by atoms with E-state index in [1.807, 2.05) is 30.3 Å². The van der Waals surface area contributed by atoms with Crippen molar-refractivity contribution in [2.24, 2.45) is 0 Å². The van der Waals surface area contributed by atoms with Crippen LogP contribution in [0.15, 0.2) is 54.6 Å². The number of carbonyl (C=O) groups excluding carboxylic acids is 2. The summed E-state index contributed by atoms with van der Waals surface area (Å²) in [5.74, 6) is -0.549. The molecule has 2 heterocycles. The van der Waals surface area contributed by atoms with Gasteiger partial charge in [0.25, 0.3) is 0 Å². The lowest BCUT2D eigenvalue weighted by Gasteiger charge is -2.22. The highest BCUT2D eigenvalue weighted by Gasteiger charge is 2.35. The number of nitrogens with one attached hydrogen (secondary N) is 2. The van der Waals surface area contributed by atoms with Gasteiger partial charge in [0.1, 0.15) is 5.75 Å². The zero-order valence-corrected chi connectivity index (χ0v) is 13.2. The molecule has 3 N–H and O–H groups in total. The number of nitrogens with zero attached hydrogens (tertiary/aromatic N) is 1. The van der Waals surface area contributed by atoms with Crippen LogP contribution in [0, 0.1) is 0 Å². The fourth-order valence-corrected chi connectivity index (χ4v) is 3.13. The Bertz CT molecular complexity index is 946. The van der Waals surface area contributed by atoms with Gasteiger partial charge < -0.3 is 10.4 Å². The van der Waals surface area contributed by atoms with Gasteiger partial charge in [-0.05, 0) is 29.8 Å². The van der Waals surface area contributed by atoms with E-state index >= 15 is 0 Å². The van der Waals surface area contributed by atoms with Crippen molar-refractivity contribution in [2.45, 2.75) is 12.3 Å². The van der Waals surface area contributed by atoms with Crippen molar-refractivity contribution in [3.8, 4) is 17.0 Å². The molecule has 25 heavy (non-hydrogen) atoms. The maximum absolute atomic E-state index is 13.0. The Morgan fingerprint density at radius 1 is 1.08 bits per heavy atom. The first-order chi connectivity index (χ1) is 12.1. The molecule has 0 bridgehead atoms. The highest BCUT2D eigenvalue weighted by Crippen LogP contribution is 2.39. The van der Waals surface area contributed by atoms with Crippen LogP contribution in [-0.4, -0.2) is 27.0 Å². The molecule has 6 nitrogen and oxygen atoms in total. The molecule has 0 radical (unpaired) electrons. The van der Waals surface area contributed by atoms with Crippen LogP contribution in [0.3, 0.4) is 0 Å². The number of aromatic amines is 1. The molecular formula is C19H15N3O3. The molecule has 3 aromatic rings. The van der Waals surface area contributed by atoms with Gasteiger partial charge in [0.15, 0.2) is 11.6 Å². The molecule has 0 aliphatic carbocycles. The third-order valence-corrected chi connectivity index (χ3v) is 4.33. The monoisotopic (exact) mass is 333 g/mol. The lowest BCUT2D eigenvalue weighted by molar-refractivity contribution is -0.116. The number of amides is 1. The van der Waals surface area contributed by atoms with E-state index in [1.165, 1.54) is 12.1 Å². The summed E-state index contributed by atoms with van der Waals surface area (Å²) >= 11 is 0. The van der Waals surface area contributed by atoms with Crippen LogP contribution >= 0.6 is 0 Å². The third kappa shape index (κ3) is 2.67.